The molecule has 1 aromatic carbocycles. The Morgan fingerprint density at radius 2 is 1.96 bits per heavy atom. The van der Waals surface area contributed by atoms with E-state index in [0.29, 0.717) is 13.1 Å². The van der Waals surface area contributed by atoms with Crippen molar-refractivity contribution in [2.45, 2.75) is 45.4 Å². The van der Waals surface area contributed by atoms with E-state index >= 15 is 0 Å². The molecule has 0 bridgehead atoms. The summed E-state index contributed by atoms with van der Waals surface area (Å²) in [4.78, 5) is 16.2. The fourth-order valence-electron chi connectivity index (χ4n) is 2.83. The molecule has 2 rings (SSSR count). The maximum atomic E-state index is 12.2. The van der Waals surface area contributed by atoms with Crippen LogP contribution in [0.3, 0.4) is 0 Å². The van der Waals surface area contributed by atoms with Crippen LogP contribution in [0.1, 0.15) is 39.4 Å². The minimum atomic E-state index is -0.529. The second-order valence-electron chi connectivity index (χ2n) is 7.35. The van der Waals surface area contributed by atoms with Crippen LogP contribution >= 0.6 is 15.9 Å². The zero-order valence-corrected chi connectivity index (χ0v) is 16.4. The van der Waals surface area contributed by atoms with Crippen LogP contribution in [0.25, 0.3) is 0 Å². The van der Waals surface area contributed by atoms with Gasteiger partial charge in [0.15, 0.2) is 0 Å². The van der Waals surface area contributed by atoms with E-state index in [4.69, 9.17) is 4.74 Å². The number of carbonyl (C=O) groups excluding carboxylic acids is 1. The molecule has 1 aliphatic heterocycles. The highest BCUT2D eigenvalue weighted by molar-refractivity contribution is 9.10. The first-order valence-corrected chi connectivity index (χ1v) is 9.10. The maximum Gasteiger partial charge on any atom is 0.410 e. The van der Waals surface area contributed by atoms with Crippen LogP contribution < -0.4 is 0 Å². The molecule has 1 amide bonds. The van der Waals surface area contributed by atoms with Crippen LogP contribution in [0.5, 0.6) is 0 Å². The summed E-state index contributed by atoms with van der Waals surface area (Å²) in [6, 6.07) is 7.78. The van der Waals surface area contributed by atoms with Crippen LogP contribution in [0.4, 0.5) is 4.79 Å². The van der Waals surface area contributed by atoms with E-state index in [1.165, 1.54) is 0 Å². The fourth-order valence-corrected chi connectivity index (χ4v) is 3.09. The first-order chi connectivity index (χ1) is 11.2. The van der Waals surface area contributed by atoms with E-state index in [2.05, 4.69) is 20.8 Å². The van der Waals surface area contributed by atoms with Crippen molar-refractivity contribution in [2.24, 2.45) is 0 Å². The lowest BCUT2D eigenvalue weighted by Gasteiger charge is -2.40. The SMILES string of the molecule is C[C@@H]1CN(CC(O)c2ccc(Br)cc2)CCN1C(=O)OC(C)(C)C. The van der Waals surface area contributed by atoms with Gasteiger partial charge in [-0.3, -0.25) is 4.90 Å². The Morgan fingerprint density at radius 3 is 2.50 bits per heavy atom. The van der Waals surface area contributed by atoms with Crippen LogP contribution in [-0.2, 0) is 4.74 Å². The lowest BCUT2D eigenvalue weighted by atomic mass is 10.1. The van der Waals surface area contributed by atoms with Crippen molar-refractivity contribution in [1.29, 1.82) is 0 Å². The van der Waals surface area contributed by atoms with E-state index in [1.807, 2.05) is 52.0 Å². The van der Waals surface area contributed by atoms with Gasteiger partial charge >= 0.3 is 6.09 Å². The Balaban J connectivity index is 1.88. The highest BCUT2D eigenvalue weighted by Crippen LogP contribution is 2.20. The molecule has 1 N–H and O–H groups in total. The minimum Gasteiger partial charge on any atom is -0.444 e. The molecule has 0 spiro atoms. The average molecular weight is 399 g/mol. The summed E-state index contributed by atoms with van der Waals surface area (Å²) in [5.41, 5.74) is 0.423. The molecule has 24 heavy (non-hydrogen) atoms. The third-order valence-corrected chi connectivity index (χ3v) is 4.55. The molecule has 1 aliphatic rings. The van der Waals surface area contributed by atoms with Gasteiger partial charge in [0.25, 0.3) is 0 Å². The van der Waals surface area contributed by atoms with Gasteiger partial charge in [-0.2, -0.15) is 0 Å². The molecule has 0 aromatic heterocycles. The number of hydrogen-bond acceptors (Lipinski definition) is 4. The zero-order chi connectivity index (χ0) is 17.9. The summed E-state index contributed by atoms with van der Waals surface area (Å²) in [5, 5.41) is 10.4. The highest BCUT2D eigenvalue weighted by atomic mass is 79.9. The summed E-state index contributed by atoms with van der Waals surface area (Å²) >= 11 is 3.40. The van der Waals surface area contributed by atoms with E-state index < -0.39 is 11.7 Å². The van der Waals surface area contributed by atoms with Crippen molar-refractivity contribution in [2.75, 3.05) is 26.2 Å². The first-order valence-electron chi connectivity index (χ1n) is 8.31. The van der Waals surface area contributed by atoms with Gasteiger partial charge in [0, 0.05) is 36.7 Å². The van der Waals surface area contributed by atoms with Crippen molar-refractivity contribution >= 4 is 22.0 Å². The number of hydrogen-bond donors (Lipinski definition) is 1. The van der Waals surface area contributed by atoms with Gasteiger partial charge in [-0.1, -0.05) is 28.1 Å². The molecule has 1 fully saturated rings. The molecule has 2 atom stereocenters. The number of rotatable bonds is 3. The van der Waals surface area contributed by atoms with Gasteiger partial charge in [0.2, 0.25) is 0 Å². The molecule has 1 saturated heterocycles. The number of aliphatic hydroxyl groups is 1. The molecule has 6 heteroatoms. The summed E-state index contributed by atoms with van der Waals surface area (Å²) in [7, 11) is 0. The number of carbonyl (C=O) groups is 1. The Kier molecular flexibility index (Phi) is 6.28. The van der Waals surface area contributed by atoms with E-state index in [0.717, 1.165) is 23.1 Å². The van der Waals surface area contributed by atoms with Crippen LogP contribution in [0.2, 0.25) is 0 Å². The maximum absolute atomic E-state index is 12.2. The fraction of sp³-hybridized carbons (Fsp3) is 0.611. The number of amides is 1. The average Bonchev–Trinajstić information content (AvgIpc) is 2.46. The smallest absolute Gasteiger partial charge is 0.410 e. The molecule has 5 nitrogen and oxygen atoms in total. The van der Waals surface area contributed by atoms with Crippen molar-refractivity contribution in [3.63, 3.8) is 0 Å². The molecule has 1 heterocycles. The molecule has 0 aliphatic carbocycles. The quantitative estimate of drug-likeness (QED) is 0.847. The predicted octanol–water partition coefficient (Wildman–Crippen LogP) is 3.42. The number of aliphatic hydroxyl groups excluding tert-OH is 1. The van der Waals surface area contributed by atoms with E-state index in [1.54, 1.807) is 4.90 Å². The number of halogens is 1. The summed E-state index contributed by atoms with van der Waals surface area (Å²) in [6.07, 6.45) is -0.790. The van der Waals surface area contributed by atoms with Gasteiger partial charge in [0.05, 0.1) is 6.10 Å². The Labute approximate surface area is 152 Å². The number of ether oxygens (including phenoxy) is 1. The second-order valence-corrected chi connectivity index (χ2v) is 8.27. The lowest BCUT2D eigenvalue weighted by Crippen LogP contribution is -2.55. The monoisotopic (exact) mass is 398 g/mol. The van der Waals surface area contributed by atoms with Gasteiger partial charge in [0.1, 0.15) is 5.60 Å². The topological polar surface area (TPSA) is 53.0 Å². The van der Waals surface area contributed by atoms with Crippen molar-refractivity contribution < 1.29 is 14.6 Å². The third-order valence-electron chi connectivity index (χ3n) is 4.03. The number of piperazine rings is 1. The molecular formula is C18H27BrN2O3. The van der Waals surface area contributed by atoms with Crippen LogP contribution in [-0.4, -0.2) is 58.8 Å². The minimum absolute atomic E-state index is 0.0608. The normalized spacial score (nSPS) is 20.8. The third kappa shape index (κ3) is 5.46. The van der Waals surface area contributed by atoms with E-state index in [-0.39, 0.29) is 12.1 Å². The highest BCUT2D eigenvalue weighted by Gasteiger charge is 2.31. The summed E-state index contributed by atoms with van der Waals surface area (Å²) in [6.45, 7) is 10.3. The summed E-state index contributed by atoms with van der Waals surface area (Å²) < 4.78 is 6.46. The largest absolute Gasteiger partial charge is 0.444 e. The van der Waals surface area contributed by atoms with Crippen molar-refractivity contribution in [3.05, 3.63) is 34.3 Å². The van der Waals surface area contributed by atoms with Gasteiger partial charge in [-0.15, -0.1) is 0 Å². The van der Waals surface area contributed by atoms with Crippen molar-refractivity contribution in [1.82, 2.24) is 9.80 Å². The number of nitrogens with zero attached hydrogens (tertiary/aromatic N) is 2. The van der Waals surface area contributed by atoms with Crippen LogP contribution in [0, 0.1) is 0 Å². The Morgan fingerprint density at radius 1 is 1.33 bits per heavy atom. The Hall–Kier alpha value is -1.11. The Bertz CT molecular complexity index is 556. The predicted molar refractivity (Wildman–Crippen MR) is 97.9 cm³/mol. The number of β-amino-alcohol motifs (C(OH)–C–C–N with tert-alkyl or cyclic N) is 1. The van der Waals surface area contributed by atoms with Crippen LogP contribution in [0.15, 0.2) is 28.7 Å². The summed E-state index contributed by atoms with van der Waals surface area (Å²) in [5.74, 6) is 0. The molecule has 134 valence electrons. The number of benzene rings is 1. The molecule has 0 radical (unpaired) electrons. The second kappa shape index (κ2) is 7.85. The van der Waals surface area contributed by atoms with Gasteiger partial charge in [-0.05, 0) is 45.4 Å². The zero-order valence-electron chi connectivity index (χ0n) is 14.8. The van der Waals surface area contributed by atoms with E-state index in [9.17, 15) is 9.90 Å². The first kappa shape index (κ1) is 19.2. The van der Waals surface area contributed by atoms with Gasteiger partial charge in [-0.25, -0.2) is 4.79 Å². The lowest BCUT2D eigenvalue weighted by molar-refractivity contribution is -0.00421. The molecule has 1 unspecified atom stereocenters. The van der Waals surface area contributed by atoms with Gasteiger partial charge < -0.3 is 14.7 Å². The standard InChI is InChI=1S/C18H27BrN2O3/c1-13-11-20(9-10-21(13)17(23)24-18(2,3)4)12-16(22)14-5-7-15(19)8-6-14/h5-8,13,16,22H,9-12H2,1-4H3/t13-,16?/m1/s1. The molecular weight excluding hydrogens is 372 g/mol. The van der Waals surface area contributed by atoms with Crippen molar-refractivity contribution in [3.8, 4) is 0 Å². The molecule has 0 saturated carbocycles. The molecule has 1 aromatic rings.